The molecule has 2 fully saturated rings. The lowest BCUT2D eigenvalue weighted by Crippen LogP contribution is -2.41. The minimum atomic E-state index is -1.76. The summed E-state index contributed by atoms with van der Waals surface area (Å²) in [6, 6.07) is 13.3. The van der Waals surface area contributed by atoms with Gasteiger partial charge in [-0.2, -0.15) is 9.97 Å². The molecule has 1 saturated carbocycles. The van der Waals surface area contributed by atoms with E-state index in [1.807, 2.05) is 81.7 Å². The van der Waals surface area contributed by atoms with E-state index in [2.05, 4.69) is 27.0 Å². The van der Waals surface area contributed by atoms with Crippen molar-refractivity contribution in [3.05, 3.63) is 48.3 Å². The molecule has 1 aliphatic carbocycles. The molecule has 4 aromatic rings. The Kier molecular flexibility index (Phi) is 11.5. The molecule has 0 bridgehead atoms. The Morgan fingerprint density at radius 1 is 1.11 bits per heavy atom. The van der Waals surface area contributed by atoms with Gasteiger partial charge in [-0.25, -0.2) is 10.1 Å². The number of ether oxygens (including phenoxy) is 3. The molecular weight excluding hydrogens is 619 g/mol. The van der Waals surface area contributed by atoms with Gasteiger partial charge in [0.05, 0.1) is 26.4 Å². The van der Waals surface area contributed by atoms with Crippen LogP contribution in [0.15, 0.2) is 42.5 Å². The summed E-state index contributed by atoms with van der Waals surface area (Å²) < 4.78 is 32.5. The normalized spacial score (nSPS) is 20.6. The average molecular weight is 667 g/mol. The highest BCUT2D eigenvalue weighted by Crippen LogP contribution is 2.43. The third-order valence-corrected chi connectivity index (χ3v) is 9.47. The van der Waals surface area contributed by atoms with Crippen LogP contribution in [0.3, 0.4) is 0 Å². The van der Waals surface area contributed by atoms with Gasteiger partial charge < -0.3 is 29.0 Å². The van der Waals surface area contributed by atoms with Crippen LogP contribution >= 0.6 is 8.53 Å². The zero-order valence-corrected chi connectivity index (χ0v) is 29.2. The number of nitrogens with zero attached hydrogens (tertiary/aromatic N) is 4. The highest BCUT2D eigenvalue weighted by Gasteiger charge is 2.38. The molecule has 0 amide bonds. The number of imidazole rings is 1. The van der Waals surface area contributed by atoms with Crippen LogP contribution in [0.5, 0.6) is 11.6 Å². The molecule has 47 heavy (non-hydrogen) atoms. The summed E-state index contributed by atoms with van der Waals surface area (Å²) in [7, 11) is -0.235. The first-order valence-electron chi connectivity index (χ1n) is 16.4. The lowest BCUT2D eigenvalue weighted by Gasteiger charge is -2.27. The Morgan fingerprint density at radius 3 is 2.57 bits per heavy atom. The second kappa shape index (κ2) is 15.6. The van der Waals surface area contributed by atoms with E-state index in [4.69, 9.17) is 29.0 Å². The Labute approximate surface area is 277 Å². The molecule has 254 valence electrons. The number of aromatic nitrogens is 4. The Bertz CT molecular complexity index is 1660. The fraction of sp³-hybridized carbons (Fsp3) is 0.529. The highest BCUT2D eigenvalue weighted by atomic mass is 31.2. The van der Waals surface area contributed by atoms with Crippen molar-refractivity contribution in [2.75, 3.05) is 26.1 Å². The second-order valence-corrected chi connectivity index (χ2v) is 13.4. The SMILES string of the molecule is CC.COc1nc(N)nc2c1nc(C)n2C1OC(COP(NC(C(=O)OCC2CC2)C(C)C)Oc2cccc3ccccc23)CC1C. The number of fused-ring (bicyclic) bond motifs is 2. The Balaban J connectivity index is 0.00000213. The number of carbonyl (C=O) groups is 1. The van der Waals surface area contributed by atoms with Crippen molar-refractivity contribution in [3.63, 3.8) is 0 Å². The first-order chi connectivity index (χ1) is 22.7. The Hall–Kier alpha value is -3.57. The summed E-state index contributed by atoms with van der Waals surface area (Å²) >= 11 is 0. The summed E-state index contributed by atoms with van der Waals surface area (Å²) in [5, 5.41) is 5.38. The van der Waals surface area contributed by atoms with E-state index in [9.17, 15) is 4.79 Å². The number of carbonyl (C=O) groups excluding carboxylic acids is 1. The van der Waals surface area contributed by atoms with Gasteiger partial charge in [-0.3, -0.25) is 9.36 Å². The predicted molar refractivity (Wildman–Crippen MR) is 183 cm³/mol. The van der Waals surface area contributed by atoms with Crippen LogP contribution in [-0.2, 0) is 18.8 Å². The van der Waals surface area contributed by atoms with Gasteiger partial charge in [0.1, 0.15) is 23.8 Å². The lowest BCUT2D eigenvalue weighted by molar-refractivity contribution is -0.147. The minimum absolute atomic E-state index is 0.0440. The number of aryl methyl sites for hydroxylation is 1. The third-order valence-electron chi connectivity index (χ3n) is 8.23. The van der Waals surface area contributed by atoms with Gasteiger partial charge in [0.2, 0.25) is 11.8 Å². The third kappa shape index (κ3) is 8.12. The minimum Gasteiger partial charge on any atom is -0.479 e. The van der Waals surface area contributed by atoms with E-state index in [0.717, 1.165) is 30.0 Å². The number of nitrogens with two attached hydrogens (primary N) is 1. The average Bonchev–Trinajstić information content (AvgIpc) is 3.75. The lowest BCUT2D eigenvalue weighted by atomic mass is 10.1. The van der Waals surface area contributed by atoms with Crippen LogP contribution in [0, 0.1) is 24.7 Å². The summed E-state index contributed by atoms with van der Waals surface area (Å²) in [5.74, 6) is 2.07. The predicted octanol–water partition coefficient (Wildman–Crippen LogP) is 6.72. The summed E-state index contributed by atoms with van der Waals surface area (Å²) in [4.78, 5) is 26.4. The molecule has 2 aromatic heterocycles. The zero-order valence-electron chi connectivity index (χ0n) is 28.3. The number of anilines is 1. The monoisotopic (exact) mass is 666 g/mol. The van der Waals surface area contributed by atoms with E-state index < -0.39 is 14.6 Å². The van der Waals surface area contributed by atoms with Gasteiger partial charge >= 0.3 is 14.5 Å². The van der Waals surface area contributed by atoms with Gasteiger partial charge in [-0.15, -0.1) is 0 Å². The van der Waals surface area contributed by atoms with Gasteiger partial charge in [0, 0.05) is 11.3 Å². The highest BCUT2D eigenvalue weighted by molar-refractivity contribution is 7.45. The van der Waals surface area contributed by atoms with Crippen molar-refractivity contribution in [3.8, 4) is 11.6 Å². The smallest absolute Gasteiger partial charge is 0.323 e. The first-order valence-corrected chi connectivity index (χ1v) is 17.6. The van der Waals surface area contributed by atoms with Crippen molar-refractivity contribution >= 4 is 42.4 Å². The maximum atomic E-state index is 13.2. The van der Waals surface area contributed by atoms with Crippen molar-refractivity contribution in [2.45, 2.75) is 79.2 Å². The fourth-order valence-electron chi connectivity index (χ4n) is 5.63. The molecule has 13 heteroatoms. The number of benzene rings is 2. The molecule has 5 atom stereocenters. The van der Waals surface area contributed by atoms with Crippen LogP contribution in [0.4, 0.5) is 5.95 Å². The van der Waals surface area contributed by atoms with Crippen molar-refractivity contribution in [1.29, 1.82) is 0 Å². The molecule has 3 N–H and O–H groups in total. The molecular formula is C34H47N6O6P. The molecule has 1 saturated heterocycles. The maximum absolute atomic E-state index is 13.2. The molecule has 12 nitrogen and oxygen atoms in total. The molecule has 1 aliphatic heterocycles. The standard InChI is InChI=1S/C32H41N6O6P.C2H6/c1-18(2)26(31(39)41-16-21-13-14-21)37-45(44-25-12-8-10-22-9-6-7-11-24(22)25)42-17-23-15-19(3)30(43-23)38-20(4)34-27-28(38)35-32(33)36-29(27)40-5;1-2/h6-12,18-19,21,23,26,30,37H,13-17H2,1-5H3,(H2,33,35,36);1-2H3. The van der Waals surface area contributed by atoms with E-state index >= 15 is 0 Å². The van der Waals surface area contributed by atoms with E-state index in [1.54, 1.807) is 0 Å². The van der Waals surface area contributed by atoms with Crippen LogP contribution in [0.2, 0.25) is 0 Å². The number of hydrogen-bond acceptors (Lipinski definition) is 11. The zero-order chi connectivity index (χ0) is 33.7. The number of rotatable bonds is 13. The van der Waals surface area contributed by atoms with Gasteiger partial charge in [-0.1, -0.05) is 71.0 Å². The number of nitrogens with one attached hydrogen (secondary N) is 1. The molecule has 5 unspecified atom stereocenters. The maximum Gasteiger partial charge on any atom is 0.323 e. The van der Waals surface area contributed by atoms with E-state index in [-0.39, 0.29) is 42.7 Å². The summed E-state index contributed by atoms with van der Waals surface area (Å²) in [6.07, 6.45) is 2.36. The van der Waals surface area contributed by atoms with Gasteiger partial charge in [0.15, 0.2) is 11.2 Å². The fourth-order valence-corrected chi connectivity index (χ4v) is 7.08. The van der Waals surface area contributed by atoms with Crippen LogP contribution in [-0.4, -0.2) is 58.0 Å². The quantitative estimate of drug-likeness (QED) is 0.116. The van der Waals surface area contributed by atoms with Crippen molar-refractivity contribution in [2.24, 2.45) is 17.8 Å². The number of hydrogen-bond donors (Lipinski definition) is 2. The largest absolute Gasteiger partial charge is 0.479 e. The van der Waals surface area contributed by atoms with Gasteiger partial charge in [-0.05, 0) is 49.5 Å². The van der Waals surface area contributed by atoms with Crippen molar-refractivity contribution in [1.82, 2.24) is 24.6 Å². The molecule has 0 radical (unpaired) electrons. The second-order valence-electron chi connectivity index (χ2n) is 12.2. The van der Waals surface area contributed by atoms with Crippen LogP contribution in [0.1, 0.15) is 65.9 Å². The number of methoxy groups -OCH3 is 1. The molecule has 2 aromatic carbocycles. The van der Waals surface area contributed by atoms with Crippen molar-refractivity contribution < 1.29 is 28.1 Å². The molecule has 6 rings (SSSR count). The summed E-state index contributed by atoms with van der Waals surface area (Å²) in [6.45, 7) is 12.7. The van der Waals surface area contributed by atoms with Gasteiger partial charge in [0.25, 0.3) is 0 Å². The van der Waals surface area contributed by atoms with E-state index in [1.165, 1.54) is 7.11 Å². The number of esters is 1. The van der Waals surface area contributed by atoms with Crippen LogP contribution in [0.25, 0.3) is 21.9 Å². The number of nitrogen functional groups attached to an aromatic ring is 1. The molecule has 3 heterocycles. The first kappa shape index (κ1) is 34.8. The molecule has 0 spiro atoms. The van der Waals surface area contributed by atoms with Crippen LogP contribution < -0.4 is 20.1 Å². The molecule has 2 aliphatic rings. The summed E-state index contributed by atoms with van der Waals surface area (Å²) in [5.41, 5.74) is 7.07. The topological polar surface area (TPSA) is 145 Å². The van der Waals surface area contributed by atoms with E-state index in [0.29, 0.717) is 41.1 Å². The Morgan fingerprint density at radius 2 is 1.85 bits per heavy atom.